The molecule has 1 amide bonds. The number of anilines is 1. The minimum atomic E-state index is 0.0321. The number of hydrogen-bond donors (Lipinski definition) is 1. The lowest BCUT2D eigenvalue weighted by Crippen LogP contribution is -2.47. The number of nitriles is 1. The van der Waals surface area contributed by atoms with E-state index in [2.05, 4.69) is 26.3 Å². The van der Waals surface area contributed by atoms with Gasteiger partial charge in [-0.15, -0.1) is 0 Å². The molecule has 1 fully saturated rings. The first-order valence-electron chi connectivity index (χ1n) is 10.9. The van der Waals surface area contributed by atoms with Gasteiger partial charge < -0.3 is 10.2 Å². The highest BCUT2D eigenvalue weighted by Gasteiger charge is 2.30. The number of nitrogens with one attached hydrogen (secondary N) is 1. The first-order valence-corrected chi connectivity index (χ1v) is 10.9. The largest absolute Gasteiger partial charge is 0.352 e. The number of rotatable bonds is 5. The van der Waals surface area contributed by atoms with E-state index in [-0.39, 0.29) is 11.9 Å². The summed E-state index contributed by atoms with van der Waals surface area (Å²) in [6, 6.07) is 11.9. The summed E-state index contributed by atoms with van der Waals surface area (Å²) in [7, 11) is 0. The third kappa shape index (κ3) is 4.59. The number of carbonyl (C=O) groups excluding carboxylic acids is 1. The quantitative estimate of drug-likeness (QED) is 0.659. The molecule has 1 N–H and O–H groups in total. The van der Waals surface area contributed by atoms with E-state index in [0.29, 0.717) is 30.2 Å². The molecule has 1 aliphatic rings. The summed E-state index contributed by atoms with van der Waals surface area (Å²) < 4.78 is 0. The Morgan fingerprint density at radius 1 is 1.19 bits per heavy atom. The summed E-state index contributed by atoms with van der Waals surface area (Å²) in [4.78, 5) is 28.7. The highest BCUT2D eigenvalue weighted by molar-refractivity contribution is 6.01. The fourth-order valence-corrected chi connectivity index (χ4v) is 4.31. The predicted octanol–water partition coefficient (Wildman–Crippen LogP) is 4.13. The SMILES string of the molecule is Cc1cc(C)c(-c2ccccn2)c(C(=O)N2CCCCC2CNc2ncc(C#N)cn2)c1. The number of carbonyl (C=O) groups is 1. The molecular formula is C25H26N6O. The van der Waals surface area contributed by atoms with Crippen molar-refractivity contribution in [2.45, 2.75) is 39.2 Å². The van der Waals surface area contributed by atoms with E-state index in [1.807, 2.05) is 49.1 Å². The van der Waals surface area contributed by atoms with Gasteiger partial charge in [0, 0.05) is 36.5 Å². The molecule has 1 saturated heterocycles. The van der Waals surface area contributed by atoms with Crippen LogP contribution in [-0.4, -0.2) is 44.9 Å². The lowest BCUT2D eigenvalue weighted by Gasteiger charge is -2.36. The molecule has 4 rings (SSSR count). The zero-order chi connectivity index (χ0) is 22.5. The van der Waals surface area contributed by atoms with Crippen LogP contribution in [0.2, 0.25) is 0 Å². The van der Waals surface area contributed by atoms with E-state index in [1.54, 1.807) is 6.20 Å². The monoisotopic (exact) mass is 426 g/mol. The summed E-state index contributed by atoms with van der Waals surface area (Å²) in [6.45, 7) is 5.32. The summed E-state index contributed by atoms with van der Waals surface area (Å²) in [5.74, 6) is 0.493. The van der Waals surface area contributed by atoms with Crippen molar-refractivity contribution < 1.29 is 4.79 Å². The van der Waals surface area contributed by atoms with Crippen LogP contribution in [0.25, 0.3) is 11.3 Å². The number of pyridine rings is 1. The minimum Gasteiger partial charge on any atom is -0.352 e. The molecule has 0 spiro atoms. The normalized spacial score (nSPS) is 15.8. The zero-order valence-electron chi connectivity index (χ0n) is 18.4. The first kappa shape index (κ1) is 21.4. The van der Waals surface area contributed by atoms with Crippen molar-refractivity contribution >= 4 is 11.9 Å². The molecule has 1 atom stereocenters. The van der Waals surface area contributed by atoms with E-state index < -0.39 is 0 Å². The average Bonchev–Trinajstić information content (AvgIpc) is 2.83. The van der Waals surface area contributed by atoms with Gasteiger partial charge in [0.25, 0.3) is 5.91 Å². The summed E-state index contributed by atoms with van der Waals surface area (Å²) in [6.07, 6.45) is 7.72. The number of benzene rings is 1. The molecule has 1 unspecified atom stereocenters. The summed E-state index contributed by atoms with van der Waals surface area (Å²) in [5, 5.41) is 12.1. The Bertz CT molecular complexity index is 1140. The van der Waals surface area contributed by atoms with Crippen LogP contribution < -0.4 is 5.32 Å². The second-order valence-corrected chi connectivity index (χ2v) is 8.16. The van der Waals surface area contributed by atoms with Gasteiger partial charge in [0.1, 0.15) is 6.07 Å². The van der Waals surface area contributed by atoms with Gasteiger partial charge in [-0.3, -0.25) is 9.78 Å². The molecule has 32 heavy (non-hydrogen) atoms. The van der Waals surface area contributed by atoms with Crippen LogP contribution in [0.4, 0.5) is 5.95 Å². The van der Waals surface area contributed by atoms with E-state index in [4.69, 9.17) is 5.26 Å². The van der Waals surface area contributed by atoms with Crippen LogP contribution in [0, 0.1) is 25.2 Å². The van der Waals surface area contributed by atoms with Gasteiger partial charge in [0.05, 0.1) is 23.7 Å². The molecule has 2 aromatic heterocycles. The Morgan fingerprint density at radius 3 is 2.72 bits per heavy atom. The Hall–Kier alpha value is -3.79. The second-order valence-electron chi connectivity index (χ2n) is 8.16. The minimum absolute atomic E-state index is 0.0321. The molecule has 3 aromatic rings. The predicted molar refractivity (Wildman–Crippen MR) is 123 cm³/mol. The van der Waals surface area contributed by atoms with Gasteiger partial charge in [0.2, 0.25) is 5.95 Å². The van der Waals surface area contributed by atoms with E-state index >= 15 is 0 Å². The van der Waals surface area contributed by atoms with Gasteiger partial charge in [-0.05, 0) is 56.9 Å². The van der Waals surface area contributed by atoms with Gasteiger partial charge in [-0.2, -0.15) is 5.26 Å². The maximum absolute atomic E-state index is 13.8. The number of piperidine rings is 1. The number of aryl methyl sites for hydroxylation is 2. The number of likely N-dealkylation sites (tertiary alicyclic amines) is 1. The van der Waals surface area contributed by atoms with Crippen molar-refractivity contribution in [2.75, 3.05) is 18.4 Å². The Kier molecular flexibility index (Phi) is 6.41. The van der Waals surface area contributed by atoms with Gasteiger partial charge in [0.15, 0.2) is 0 Å². The molecule has 0 saturated carbocycles. The Labute approximate surface area is 188 Å². The van der Waals surface area contributed by atoms with E-state index in [0.717, 1.165) is 41.6 Å². The fraction of sp³-hybridized carbons (Fsp3) is 0.320. The maximum Gasteiger partial charge on any atom is 0.254 e. The molecule has 162 valence electrons. The topological polar surface area (TPSA) is 94.8 Å². The van der Waals surface area contributed by atoms with E-state index in [9.17, 15) is 4.79 Å². The molecule has 7 heteroatoms. The van der Waals surface area contributed by atoms with Crippen molar-refractivity contribution in [3.63, 3.8) is 0 Å². The van der Waals surface area contributed by atoms with Crippen molar-refractivity contribution in [2.24, 2.45) is 0 Å². The Balaban J connectivity index is 1.60. The first-order chi connectivity index (χ1) is 15.6. The number of nitrogens with zero attached hydrogens (tertiary/aromatic N) is 5. The summed E-state index contributed by atoms with van der Waals surface area (Å²) >= 11 is 0. The second kappa shape index (κ2) is 9.56. The van der Waals surface area contributed by atoms with Gasteiger partial charge in [-0.25, -0.2) is 9.97 Å². The van der Waals surface area contributed by atoms with Crippen LogP contribution >= 0.6 is 0 Å². The third-order valence-electron chi connectivity index (χ3n) is 5.80. The van der Waals surface area contributed by atoms with Crippen LogP contribution in [0.5, 0.6) is 0 Å². The molecule has 0 bridgehead atoms. The molecule has 7 nitrogen and oxygen atoms in total. The number of amides is 1. The molecule has 1 aliphatic heterocycles. The molecule has 1 aromatic carbocycles. The van der Waals surface area contributed by atoms with Crippen LogP contribution in [0.15, 0.2) is 48.9 Å². The summed E-state index contributed by atoms with van der Waals surface area (Å²) in [5.41, 5.74) is 4.93. The average molecular weight is 427 g/mol. The Morgan fingerprint density at radius 2 is 2.00 bits per heavy atom. The van der Waals surface area contributed by atoms with Crippen molar-refractivity contribution in [3.8, 4) is 17.3 Å². The fourth-order valence-electron chi connectivity index (χ4n) is 4.31. The number of aromatic nitrogens is 3. The molecular weight excluding hydrogens is 400 g/mol. The van der Waals surface area contributed by atoms with Crippen LogP contribution in [0.1, 0.15) is 46.3 Å². The molecule has 0 aliphatic carbocycles. The van der Waals surface area contributed by atoms with Crippen LogP contribution in [-0.2, 0) is 0 Å². The van der Waals surface area contributed by atoms with Crippen molar-refractivity contribution in [1.82, 2.24) is 19.9 Å². The van der Waals surface area contributed by atoms with Crippen molar-refractivity contribution in [1.29, 1.82) is 5.26 Å². The number of hydrogen-bond acceptors (Lipinski definition) is 6. The molecule has 0 radical (unpaired) electrons. The highest BCUT2D eigenvalue weighted by atomic mass is 16.2. The third-order valence-corrected chi connectivity index (χ3v) is 5.80. The van der Waals surface area contributed by atoms with Crippen molar-refractivity contribution in [3.05, 3.63) is 71.2 Å². The maximum atomic E-state index is 13.8. The lowest BCUT2D eigenvalue weighted by molar-refractivity contribution is 0.0628. The van der Waals surface area contributed by atoms with Gasteiger partial charge in [-0.1, -0.05) is 17.7 Å². The van der Waals surface area contributed by atoms with Gasteiger partial charge >= 0.3 is 0 Å². The smallest absolute Gasteiger partial charge is 0.254 e. The lowest BCUT2D eigenvalue weighted by atomic mass is 9.93. The van der Waals surface area contributed by atoms with Crippen LogP contribution in [0.3, 0.4) is 0 Å². The standard InChI is InChI=1S/C25H26N6O/c1-17-11-18(2)23(22-8-3-5-9-27-22)21(12-17)24(32)31-10-6-4-7-20(31)16-30-25-28-14-19(13-26)15-29-25/h3,5,8-9,11-12,14-15,20H,4,6-7,10,16H2,1-2H3,(H,28,29,30). The van der Waals surface area contributed by atoms with E-state index in [1.165, 1.54) is 12.4 Å². The highest BCUT2D eigenvalue weighted by Crippen LogP contribution is 2.30. The zero-order valence-corrected chi connectivity index (χ0v) is 18.4. The molecule has 3 heterocycles.